The molecule has 0 amide bonds. The van der Waals surface area contributed by atoms with Crippen molar-refractivity contribution in [2.24, 2.45) is 29.1 Å². The Morgan fingerprint density at radius 3 is 2.72 bits per heavy atom. The van der Waals surface area contributed by atoms with E-state index in [1.54, 1.807) is 0 Å². The predicted octanol–water partition coefficient (Wildman–Crippen LogP) is 4.06. The smallest absolute Gasteiger partial charge is 0.304 e. The minimum absolute atomic E-state index is 0.111. The van der Waals surface area contributed by atoms with Crippen molar-refractivity contribution >= 4 is 11.8 Å². The standard InChI is InChI=1S/C22H28O3/c1-4-22(25-14(2)23)12-10-20-19-7-5-15-13-16(24)6-8-17(15)18(19)9-11-21(20,22)3/h1,13,17-20H,5-12H2,2-3H3/t17?,18-,19?,20+,21?,22+/m1/s1. The Morgan fingerprint density at radius 2 is 2.00 bits per heavy atom. The summed E-state index contributed by atoms with van der Waals surface area (Å²) in [6.45, 7) is 3.73. The fourth-order valence-electron chi connectivity index (χ4n) is 6.86. The summed E-state index contributed by atoms with van der Waals surface area (Å²) in [5, 5.41) is 0. The Hall–Kier alpha value is -1.56. The van der Waals surface area contributed by atoms with Crippen LogP contribution in [0.4, 0.5) is 0 Å². The van der Waals surface area contributed by atoms with Crippen LogP contribution in [0.1, 0.15) is 65.2 Å². The lowest BCUT2D eigenvalue weighted by atomic mass is 9.50. The van der Waals surface area contributed by atoms with E-state index in [-0.39, 0.29) is 11.4 Å². The number of rotatable bonds is 1. The van der Waals surface area contributed by atoms with Gasteiger partial charge in [0.25, 0.3) is 0 Å². The molecule has 0 bridgehead atoms. The van der Waals surface area contributed by atoms with E-state index >= 15 is 0 Å². The van der Waals surface area contributed by atoms with E-state index in [0.29, 0.717) is 35.9 Å². The number of allylic oxidation sites excluding steroid dienone is 1. The molecular weight excluding hydrogens is 312 g/mol. The lowest BCUT2D eigenvalue weighted by Gasteiger charge is -2.55. The second-order valence-electron chi connectivity index (χ2n) is 8.86. The number of ether oxygens (including phenoxy) is 1. The Labute approximate surface area is 150 Å². The van der Waals surface area contributed by atoms with E-state index in [0.717, 1.165) is 44.9 Å². The van der Waals surface area contributed by atoms with Crippen LogP contribution in [0, 0.1) is 41.4 Å². The molecule has 3 heteroatoms. The number of ketones is 1. The van der Waals surface area contributed by atoms with E-state index in [4.69, 9.17) is 11.2 Å². The van der Waals surface area contributed by atoms with Gasteiger partial charge in [0.2, 0.25) is 0 Å². The monoisotopic (exact) mass is 340 g/mol. The van der Waals surface area contributed by atoms with E-state index in [1.165, 1.54) is 12.5 Å². The molecule has 4 aliphatic rings. The largest absolute Gasteiger partial charge is 0.445 e. The van der Waals surface area contributed by atoms with Crippen molar-refractivity contribution in [3.05, 3.63) is 11.6 Å². The van der Waals surface area contributed by atoms with Gasteiger partial charge in [-0.2, -0.15) is 0 Å². The van der Waals surface area contributed by atoms with Gasteiger partial charge >= 0.3 is 5.97 Å². The van der Waals surface area contributed by atoms with Gasteiger partial charge in [-0.05, 0) is 74.7 Å². The van der Waals surface area contributed by atoms with Crippen molar-refractivity contribution in [1.29, 1.82) is 0 Å². The van der Waals surface area contributed by atoms with Crippen molar-refractivity contribution in [2.75, 3.05) is 0 Å². The molecule has 0 N–H and O–H groups in total. The van der Waals surface area contributed by atoms with Gasteiger partial charge in [-0.3, -0.25) is 9.59 Å². The molecule has 0 radical (unpaired) electrons. The fraction of sp³-hybridized carbons (Fsp3) is 0.727. The summed E-state index contributed by atoms with van der Waals surface area (Å²) in [6.07, 6.45) is 15.8. The summed E-state index contributed by atoms with van der Waals surface area (Å²) in [4.78, 5) is 23.5. The van der Waals surface area contributed by atoms with Crippen molar-refractivity contribution < 1.29 is 14.3 Å². The molecule has 25 heavy (non-hydrogen) atoms. The molecule has 0 aliphatic heterocycles. The number of hydrogen-bond acceptors (Lipinski definition) is 3. The normalized spacial score (nSPS) is 45.5. The quantitative estimate of drug-likeness (QED) is 0.534. The minimum Gasteiger partial charge on any atom is -0.445 e. The van der Waals surface area contributed by atoms with Crippen LogP contribution in [0.25, 0.3) is 0 Å². The third kappa shape index (κ3) is 2.33. The molecule has 3 fully saturated rings. The van der Waals surface area contributed by atoms with Gasteiger partial charge in [0.15, 0.2) is 11.4 Å². The number of carbonyl (C=O) groups is 2. The number of hydrogen-bond donors (Lipinski definition) is 0. The number of carbonyl (C=O) groups excluding carboxylic acids is 2. The third-order valence-electron chi connectivity index (χ3n) is 7.97. The molecule has 0 spiro atoms. The molecule has 3 nitrogen and oxygen atoms in total. The van der Waals surface area contributed by atoms with Gasteiger partial charge in [0.05, 0.1) is 0 Å². The van der Waals surface area contributed by atoms with Crippen LogP contribution < -0.4 is 0 Å². The van der Waals surface area contributed by atoms with Crippen LogP contribution in [0.15, 0.2) is 11.6 Å². The Bertz CT molecular complexity index is 684. The molecule has 3 saturated carbocycles. The van der Waals surface area contributed by atoms with Crippen molar-refractivity contribution in [3.8, 4) is 12.3 Å². The maximum atomic E-state index is 11.8. The highest BCUT2D eigenvalue weighted by Gasteiger charge is 2.64. The number of terminal acetylenes is 1. The third-order valence-corrected chi connectivity index (χ3v) is 7.97. The number of fused-ring (bicyclic) bond motifs is 5. The first-order chi connectivity index (χ1) is 11.9. The molecule has 0 aromatic rings. The van der Waals surface area contributed by atoms with Crippen molar-refractivity contribution in [2.45, 2.75) is 70.8 Å². The molecular formula is C22H28O3. The molecule has 134 valence electrons. The Morgan fingerprint density at radius 1 is 1.20 bits per heavy atom. The van der Waals surface area contributed by atoms with E-state index in [2.05, 4.69) is 12.8 Å². The van der Waals surface area contributed by atoms with Gasteiger partial charge in [0, 0.05) is 18.8 Å². The molecule has 4 rings (SSSR count). The molecule has 0 heterocycles. The summed E-state index contributed by atoms with van der Waals surface area (Å²) in [5.41, 5.74) is 0.565. The summed E-state index contributed by atoms with van der Waals surface area (Å²) in [5.74, 6) is 5.41. The molecule has 4 aliphatic carbocycles. The highest BCUT2D eigenvalue weighted by Crippen LogP contribution is 2.65. The SMILES string of the molecule is C#C[C@]1(OC(C)=O)CC[C@H]2C3CCC4=CC(=O)CCC4[C@H]3CCC21C. The zero-order valence-electron chi connectivity index (χ0n) is 15.3. The summed E-state index contributed by atoms with van der Waals surface area (Å²) in [7, 11) is 0. The first-order valence-corrected chi connectivity index (χ1v) is 9.81. The van der Waals surface area contributed by atoms with Gasteiger partial charge < -0.3 is 4.74 Å². The lowest BCUT2D eigenvalue weighted by molar-refractivity contribution is -0.167. The van der Waals surface area contributed by atoms with Crippen molar-refractivity contribution in [3.63, 3.8) is 0 Å². The topological polar surface area (TPSA) is 43.4 Å². The Balaban J connectivity index is 1.64. The van der Waals surface area contributed by atoms with Gasteiger partial charge in [0.1, 0.15) is 0 Å². The van der Waals surface area contributed by atoms with Crippen LogP contribution in [0.2, 0.25) is 0 Å². The highest BCUT2D eigenvalue weighted by atomic mass is 16.6. The molecule has 0 aromatic heterocycles. The first kappa shape index (κ1) is 16.9. The molecule has 3 unspecified atom stereocenters. The second-order valence-corrected chi connectivity index (χ2v) is 8.86. The van der Waals surface area contributed by atoms with Crippen LogP contribution in [0.3, 0.4) is 0 Å². The van der Waals surface area contributed by atoms with E-state index in [9.17, 15) is 9.59 Å². The van der Waals surface area contributed by atoms with Gasteiger partial charge in [-0.1, -0.05) is 18.4 Å². The maximum absolute atomic E-state index is 11.8. The van der Waals surface area contributed by atoms with Crippen LogP contribution in [-0.4, -0.2) is 17.4 Å². The lowest BCUT2D eigenvalue weighted by Crippen LogP contribution is -2.53. The summed E-state index contributed by atoms with van der Waals surface area (Å²) < 4.78 is 5.79. The second kappa shape index (κ2) is 5.73. The minimum atomic E-state index is -0.729. The average molecular weight is 340 g/mol. The predicted molar refractivity (Wildman–Crippen MR) is 95.4 cm³/mol. The van der Waals surface area contributed by atoms with Gasteiger partial charge in [-0.25, -0.2) is 0 Å². The molecule has 6 atom stereocenters. The van der Waals surface area contributed by atoms with Gasteiger partial charge in [-0.15, -0.1) is 6.42 Å². The zero-order chi connectivity index (χ0) is 17.8. The van der Waals surface area contributed by atoms with Crippen LogP contribution in [0.5, 0.6) is 0 Å². The van der Waals surface area contributed by atoms with E-state index in [1.807, 2.05) is 6.08 Å². The summed E-state index contributed by atoms with van der Waals surface area (Å²) in [6, 6.07) is 0. The highest BCUT2D eigenvalue weighted by molar-refractivity contribution is 5.91. The van der Waals surface area contributed by atoms with Crippen LogP contribution >= 0.6 is 0 Å². The van der Waals surface area contributed by atoms with Crippen LogP contribution in [-0.2, 0) is 14.3 Å². The fourth-order valence-corrected chi connectivity index (χ4v) is 6.86. The molecule has 0 saturated heterocycles. The first-order valence-electron chi connectivity index (χ1n) is 9.81. The van der Waals surface area contributed by atoms with Crippen molar-refractivity contribution in [1.82, 2.24) is 0 Å². The van der Waals surface area contributed by atoms with E-state index < -0.39 is 5.60 Å². The Kier molecular flexibility index (Phi) is 3.87. The zero-order valence-corrected chi connectivity index (χ0v) is 15.3. The maximum Gasteiger partial charge on any atom is 0.304 e. The molecule has 0 aromatic carbocycles. The summed E-state index contributed by atoms with van der Waals surface area (Å²) >= 11 is 0. The average Bonchev–Trinajstić information content (AvgIpc) is 2.87. The number of esters is 1.